The van der Waals surface area contributed by atoms with Gasteiger partial charge >= 0.3 is 0 Å². The summed E-state index contributed by atoms with van der Waals surface area (Å²) in [4.78, 5) is 8.92. The smallest absolute Gasteiger partial charge is 0.101 e. The molecular formula is C30H19N3S. The second kappa shape index (κ2) is 8.55. The van der Waals surface area contributed by atoms with Crippen LogP contribution in [-0.4, -0.2) is 4.98 Å². The minimum absolute atomic E-state index is 0.576. The number of nitrogens with zero attached hydrogens (tertiary/aromatic N) is 3. The van der Waals surface area contributed by atoms with E-state index in [1.807, 2.05) is 30.0 Å². The zero-order valence-corrected chi connectivity index (χ0v) is 19.0. The molecule has 0 N–H and O–H groups in total. The summed E-state index contributed by atoms with van der Waals surface area (Å²) in [6, 6.07) is 38.2. The fourth-order valence-corrected chi connectivity index (χ4v) is 5.47. The van der Waals surface area contributed by atoms with E-state index >= 15 is 0 Å². The predicted octanol–water partition coefficient (Wildman–Crippen LogP) is 8.22. The van der Waals surface area contributed by atoms with E-state index in [0.717, 1.165) is 27.9 Å². The van der Waals surface area contributed by atoms with Crippen LogP contribution in [0.5, 0.6) is 0 Å². The van der Waals surface area contributed by atoms with Gasteiger partial charge in [0.1, 0.15) is 6.07 Å². The van der Waals surface area contributed by atoms with E-state index in [1.54, 1.807) is 12.4 Å². The van der Waals surface area contributed by atoms with Gasteiger partial charge in [-0.15, -0.1) is 0 Å². The molecule has 4 heteroatoms. The molecule has 1 aliphatic heterocycles. The quantitative estimate of drug-likeness (QED) is 0.271. The Hall–Kier alpha value is -4.33. The fraction of sp³-hybridized carbons (Fsp3) is 0. The third-order valence-corrected chi connectivity index (χ3v) is 7.12. The minimum atomic E-state index is 0.576. The molecule has 6 rings (SSSR count). The Morgan fingerprint density at radius 1 is 0.676 bits per heavy atom. The lowest BCUT2D eigenvalue weighted by atomic mass is 9.97. The molecule has 0 fully saturated rings. The Balaban J connectivity index is 1.46. The summed E-state index contributed by atoms with van der Waals surface area (Å²) in [6.07, 6.45) is 3.35. The van der Waals surface area contributed by atoms with Crippen molar-refractivity contribution in [3.63, 3.8) is 0 Å². The number of rotatable bonds is 3. The number of hydrogen-bond donors (Lipinski definition) is 0. The van der Waals surface area contributed by atoms with Crippen LogP contribution in [0, 0.1) is 11.3 Å². The molecule has 0 atom stereocenters. The van der Waals surface area contributed by atoms with E-state index in [2.05, 4.69) is 101 Å². The molecule has 1 aromatic heterocycles. The lowest BCUT2D eigenvalue weighted by Crippen LogP contribution is -2.14. The molecule has 0 spiro atoms. The van der Waals surface area contributed by atoms with Crippen LogP contribution in [0.2, 0.25) is 0 Å². The Morgan fingerprint density at radius 3 is 2.06 bits per heavy atom. The number of pyridine rings is 1. The first kappa shape index (κ1) is 20.3. The highest BCUT2D eigenvalue weighted by Crippen LogP contribution is 2.51. The van der Waals surface area contributed by atoms with E-state index in [9.17, 15) is 5.26 Å². The molecule has 4 aromatic carbocycles. The van der Waals surface area contributed by atoms with Crippen LogP contribution in [-0.2, 0) is 0 Å². The number of para-hydroxylation sites is 2. The van der Waals surface area contributed by atoms with Crippen LogP contribution in [0.1, 0.15) is 5.56 Å². The van der Waals surface area contributed by atoms with Crippen LogP contribution in [0.4, 0.5) is 17.1 Å². The maximum Gasteiger partial charge on any atom is 0.101 e. The van der Waals surface area contributed by atoms with E-state index < -0.39 is 0 Å². The van der Waals surface area contributed by atoms with Crippen LogP contribution in [0.3, 0.4) is 0 Å². The number of benzene rings is 4. The topological polar surface area (TPSA) is 39.9 Å². The first-order valence-corrected chi connectivity index (χ1v) is 11.8. The maximum absolute atomic E-state index is 9.51. The van der Waals surface area contributed by atoms with Crippen LogP contribution in [0.15, 0.2) is 125 Å². The Bertz CT molecular complexity index is 1520. The maximum atomic E-state index is 9.51. The molecule has 2 heterocycles. The van der Waals surface area contributed by atoms with Crippen molar-refractivity contribution in [1.29, 1.82) is 5.26 Å². The summed E-state index contributed by atoms with van der Waals surface area (Å²) >= 11 is 1.81. The van der Waals surface area contributed by atoms with Gasteiger partial charge in [-0.2, -0.15) is 5.26 Å². The first-order chi connectivity index (χ1) is 16.8. The van der Waals surface area contributed by atoms with Crippen molar-refractivity contribution in [3.8, 4) is 28.3 Å². The zero-order chi connectivity index (χ0) is 22.9. The third-order valence-electron chi connectivity index (χ3n) is 5.99. The van der Waals surface area contributed by atoms with Crippen molar-refractivity contribution in [3.05, 3.63) is 121 Å². The first-order valence-electron chi connectivity index (χ1n) is 11.0. The highest BCUT2D eigenvalue weighted by atomic mass is 32.2. The monoisotopic (exact) mass is 453 g/mol. The standard InChI is InChI=1S/C30H19N3S/c31-19-24-20-32-16-15-26(24)23-9-5-7-21(17-23)22-8-6-10-25(18-22)33-27-11-1-3-13-29(27)34-30-14-4-2-12-28(30)33/h1-18,20H. The summed E-state index contributed by atoms with van der Waals surface area (Å²) in [5, 5.41) is 9.51. The molecular weight excluding hydrogens is 434 g/mol. The van der Waals surface area contributed by atoms with Gasteiger partial charge in [-0.3, -0.25) is 4.98 Å². The third kappa shape index (κ3) is 3.53. The molecule has 34 heavy (non-hydrogen) atoms. The van der Waals surface area contributed by atoms with E-state index in [1.165, 1.54) is 21.2 Å². The van der Waals surface area contributed by atoms with Crippen molar-refractivity contribution in [1.82, 2.24) is 4.98 Å². The SMILES string of the molecule is N#Cc1cnccc1-c1cccc(-c2cccc(N3c4ccccc4Sc4ccccc43)c2)c1. The van der Waals surface area contributed by atoms with Gasteiger partial charge in [0, 0.05) is 33.4 Å². The van der Waals surface area contributed by atoms with E-state index in [-0.39, 0.29) is 0 Å². The van der Waals surface area contributed by atoms with Crippen molar-refractivity contribution >= 4 is 28.8 Å². The van der Waals surface area contributed by atoms with E-state index in [4.69, 9.17) is 0 Å². The molecule has 0 radical (unpaired) electrons. The summed E-state index contributed by atoms with van der Waals surface area (Å²) in [7, 11) is 0. The Kier molecular flexibility index (Phi) is 5.10. The van der Waals surface area contributed by atoms with Gasteiger partial charge in [0.2, 0.25) is 0 Å². The largest absolute Gasteiger partial charge is 0.308 e. The van der Waals surface area contributed by atoms with Crippen LogP contribution >= 0.6 is 11.8 Å². The molecule has 5 aromatic rings. The normalized spacial score (nSPS) is 11.9. The van der Waals surface area contributed by atoms with Crippen molar-refractivity contribution < 1.29 is 0 Å². The van der Waals surface area contributed by atoms with Gasteiger partial charge in [-0.1, -0.05) is 66.4 Å². The molecule has 1 aliphatic rings. The lowest BCUT2D eigenvalue weighted by Gasteiger charge is -2.33. The van der Waals surface area contributed by atoms with Gasteiger partial charge < -0.3 is 4.90 Å². The highest BCUT2D eigenvalue weighted by molar-refractivity contribution is 7.99. The number of fused-ring (bicyclic) bond motifs is 2. The van der Waals surface area contributed by atoms with Crippen molar-refractivity contribution in [2.24, 2.45) is 0 Å². The number of aromatic nitrogens is 1. The second-order valence-corrected chi connectivity index (χ2v) is 9.12. The number of anilines is 3. The average Bonchev–Trinajstić information content (AvgIpc) is 2.91. The second-order valence-electron chi connectivity index (χ2n) is 8.04. The molecule has 0 saturated carbocycles. The van der Waals surface area contributed by atoms with Gasteiger partial charge in [-0.25, -0.2) is 0 Å². The summed E-state index contributed by atoms with van der Waals surface area (Å²) in [5.41, 5.74) is 8.20. The molecule has 0 saturated heterocycles. The summed E-state index contributed by atoms with van der Waals surface area (Å²) in [6.45, 7) is 0. The zero-order valence-electron chi connectivity index (χ0n) is 18.2. The van der Waals surface area contributed by atoms with Crippen molar-refractivity contribution in [2.45, 2.75) is 9.79 Å². The Labute approximate surface area is 203 Å². The summed E-state index contributed by atoms with van der Waals surface area (Å²) in [5.74, 6) is 0. The van der Waals surface area contributed by atoms with E-state index in [0.29, 0.717) is 5.56 Å². The average molecular weight is 454 g/mol. The van der Waals surface area contributed by atoms with Crippen LogP contribution in [0.25, 0.3) is 22.3 Å². The summed E-state index contributed by atoms with van der Waals surface area (Å²) < 4.78 is 0. The Morgan fingerprint density at radius 2 is 1.32 bits per heavy atom. The fourth-order valence-electron chi connectivity index (χ4n) is 4.41. The predicted molar refractivity (Wildman–Crippen MR) is 139 cm³/mol. The molecule has 3 nitrogen and oxygen atoms in total. The molecule has 0 amide bonds. The number of nitriles is 1. The van der Waals surface area contributed by atoms with Gasteiger partial charge in [0.05, 0.1) is 16.9 Å². The number of hydrogen-bond acceptors (Lipinski definition) is 4. The molecule has 0 bridgehead atoms. The minimum Gasteiger partial charge on any atom is -0.308 e. The lowest BCUT2D eigenvalue weighted by molar-refractivity contribution is 1.17. The molecule has 0 aliphatic carbocycles. The van der Waals surface area contributed by atoms with Crippen LogP contribution < -0.4 is 4.90 Å². The van der Waals surface area contributed by atoms with Gasteiger partial charge in [0.25, 0.3) is 0 Å². The van der Waals surface area contributed by atoms with Gasteiger partial charge in [-0.05, 0) is 65.2 Å². The van der Waals surface area contributed by atoms with Crippen molar-refractivity contribution in [2.75, 3.05) is 4.90 Å². The molecule has 0 unspecified atom stereocenters. The molecule has 160 valence electrons. The highest BCUT2D eigenvalue weighted by Gasteiger charge is 2.24. The van der Waals surface area contributed by atoms with Gasteiger partial charge in [0.15, 0.2) is 0 Å².